The van der Waals surface area contributed by atoms with Crippen molar-refractivity contribution in [2.75, 3.05) is 0 Å². The molecular formula is C15H15N3O4. The van der Waals surface area contributed by atoms with Crippen LogP contribution >= 0.6 is 0 Å². The summed E-state index contributed by atoms with van der Waals surface area (Å²) in [5.74, 6) is -0.389. The SMILES string of the molecule is O=C1C(N=Nc2ccc([N+](=O)[O-])cc2)=C(O)C2CCCCC12. The summed E-state index contributed by atoms with van der Waals surface area (Å²) in [5, 5.41) is 28.5. The second-order valence-corrected chi connectivity index (χ2v) is 5.57. The van der Waals surface area contributed by atoms with Crippen molar-refractivity contribution in [1.29, 1.82) is 0 Å². The van der Waals surface area contributed by atoms with Crippen LogP contribution in [0.3, 0.4) is 0 Å². The number of hydrogen-bond acceptors (Lipinski definition) is 6. The Bertz CT molecular complexity index is 679. The van der Waals surface area contributed by atoms with Gasteiger partial charge < -0.3 is 5.11 Å². The van der Waals surface area contributed by atoms with Crippen LogP contribution in [-0.2, 0) is 4.79 Å². The van der Waals surface area contributed by atoms with Gasteiger partial charge in [0.05, 0.1) is 10.6 Å². The van der Waals surface area contributed by atoms with Crippen LogP contribution in [0, 0.1) is 22.0 Å². The molecular weight excluding hydrogens is 286 g/mol. The Hall–Kier alpha value is -2.57. The summed E-state index contributed by atoms with van der Waals surface area (Å²) in [6.07, 6.45) is 3.58. The molecule has 2 aliphatic rings. The maximum absolute atomic E-state index is 12.3. The number of carbonyl (C=O) groups excluding carboxylic acids is 1. The normalized spacial score (nSPS) is 24.8. The van der Waals surface area contributed by atoms with Gasteiger partial charge in [-0.2, -0.15) is 5.11 Å². The molecule has 2 unspecified atom stereocenters. The molecule has 0 heterocycles. The molecule has 0 spiro atoms. The van der Waals surface area contributed by atoms with Gasteiger partial charge in [-0.1, -0.05) is 12.8 Å². The monoisotopic (exact) mass is 301 g/mol. The van der Waals surface area contributed by atoms with Crippen molar-refractivity contribution >= 4 is 17.2 Å². The molecule has 7 nitrogen and oxygen atoms in total. The van der Waals surface area contributed by atoms with Gasteiger partial charge in [0.2, 0.25) is 0 Å². The Morgan fingerprint density at radius 3 is 2.32 bits per heavy atom. The minimum atomic E-state index is -0.500. The van der Waals surface area contributed by atoms with E-state index >= 15 is 0 Å². The molecule has 1 aromatic carbocycles. The minimum Gasteiger partial charge on any atom is -0.510 e. The summed E-state index contributed by atoms with van der Waals surface area (Å²) in [6, 6.07) is 5.54. The molecule has 2 atom stereocenters. The van der Waals surface area contributed by atoms with Crippen molar-refractivity contribution in [3.8, 4) is 0 Å². The van der Waals surface area contributed by atoms with Crippen LogP contribution in [-0.4, -0.2) is 15.8 Å². The Morgan fingerprint density at radius 2 is 1.73 bits per heavy atom. The van der Waals surface area contributed by atoms with Crippen LogP contribution in [0.2, 0.25) is 0 Å². The van der Waals surface area contributed by atoms with E-state index in [9.17, 15) is 20.0 Å². The molecule has 0 bridgehead atoms. The first-order valence-electron chi connectivity index (χ1n) is 7.21. The smallest absolute Gasteiger partial charge is 0.269 e. The lowest BCUT2D eigenvalue weighted by Crippen LogP contribution is -2.21. The number of nitro benzene ring substituents is 1. The Labute approximate surface area is 126 Å². The molecule has 1 aromatic rings. The van der Waals surface area contributed by atoms with E-state index in [0.717, 1.165) is 25.7 Å². The highest BCUT2D eigenvalue weighted by Crippen LogP contribution is 2.43. The van der Waals surface area contributed by atoms with E-state index in [0.29, 0.717) is 5.69 Å². The number of carbonyl (C=O) groups is 1. The molecule has 2 aliphatic carbocycles. The number of allylic oxidation sites excluding steroid dienone is 2. The van der Waals surface area contributed by atoms with Crippen molar-refractivity contribution in [1.82, 2.24) is 0 Å². The number of nitrogens with zero attached hydrogens (tertiary/aromatic N) is 3. The van der Waals surface area contributed by atoms with Crippen LogP contribution in [0.5, 0.6) is 0 Å². The lowest BCUT2D eigenvalue weighted by atomic mass is 9.80. The highest BCUT2D eigenvalue weighted by Gasteiger charge is 2.43. The van der Waals surface area contributed by atoms with Crippen molar-refractivity contribution < 1.29 is 14.8 Å². The third-order valence-electron chi connectivity index (χ3n) is 4.26. The molecule has 3 rings (SSSR count). The maximum atomic E-state index is 12.3. The van der Waals surface area contributed by atoms with E-state index in [1.54, 1.807) is 0 Å². The molecule has 0 radical (unpaired) electrons. The zero-order chi connectivity index (χ0) is 15.7. The minimum absolute atomic E-state index is 0.0373. The molecule has 0 aromatic heterocycles. The Balaban J connectivity index is 1.81. The van der Waals surface area contributed by atoms with E-state index < -0.39 is 4.92 Å². The van der Waals surface area contributed by atoms with Gasteiger partial charge in [0.1, 0.15) is 5.76 Å². The van der Waals surface area contributed by atoms with Gasteiger partial charge in [-0.05, 0) is 25.0 Å². The van der Waals surface area contributed by atoms with Crippen LogP contribution in [0.25, 0.3) is 0 Å². The lowest BCUT2D eigenvalue weighted by Gasteiger charge is -2.23. The van der Waals surface area contributed by atoms with Crippen LogP contribution in [0.4, 0.5) is 11.4 Å². The summed E-state index contributed by atoms with van der Waals surface area (Å²) in [4.78, 5) is 22.3. The summed E-state index contributed by atoms with van der Waals surface area (Å²) in [7, 11) is 0. The number of Topliss-reactive ketones (excluding diaryl/α,β-unsaturated/α-hetero) is 1. The fourth-order valence-electron chi connectivity index (χ4n) is 3.10. The van der Waals surface area contributed by atoms with E-state index in [4.69, 9.17) is 0 Å². The molecule has 0 amide bonds. The number of hydrogen-bond donors (Lipinski definition) is 1. The van der Waals surface area contributed by atoms with E-state index in [1.807, 2.05) is 0 Å². The summed E-state index contributed by atoms with van der Waals surface area (Å²) < 4.78 is 0. The highest BCUT2D eigenvalue weighted by molar-refractivity contribution is 6.00. The Morgan fingerprint density at radius 1 is 1.09 bits per heavy atom. The predicted molar refractivity (Wildman–Crippen MR) is 77.7 cm³/mol. The van der Waals surface area contributed by atoms with Gasteiger partial charge in [0.25, 0.3) is 5.69 Å². The van der Waals surface area contributed by atoms with Crippen LogP contribution in [0.15, 0.2) is 46.0 Å². The van der Waals surface area contributed by atoms with Crippen LogP contribution < -0.4 is 0 Å². The molecule has 7 heteroatoms. The highest BCUT2D eigenvalue weighted by atomic mass is 16.6. The maximum Gasteiger partial charge on any atom is 0.269 e. The zero-order valence-corrected chi connectivity index (χ0v) is 11.8. The van der Waals surface area contributed by atoms with Gasteiger partial charge in [-0.25, -0.2) is 0 Å². The average molecular weight is 301 g/mol. The van der Waals surface area contributed by atoms with Gasteiger partial charge >= 0.3 is 0 Å². The largest absolute Gasteiger partial charge is 0.510 e. The number of azo groups is 1. The third-order valence-corrected chi connectivity index (χ3v) is 4.26. The quantitative estimate of drug-likeness (QED) is 0.520. The molecule has 0 aliphatic heterocycles. The van der Waals surface area contributed by atoms with Crippen LogP contribution in [0.1, 0.15) is 25.7 Å². The fourth-order valence-corrected chi connectivity index (χ4v) is 3.10. The first-order valence-corrected chi connectivity index (χ1v) is 7.21. The standard InChI is InChI=1S/C15H15N3O4/c19-14-11-3-1-2-4-12(11)15(20)13(14)17-16-9-5-7-10(8-6-9)18(21)22/h5-8,11-12,19H,1-4H2. The average Bonchev–Trinajstić information content (AvgIpc) is 2.78. The second kappa shape index (κ2) is 5.67. The van der Waals surface area contributed by atoms with E-state index in [1.165, 1.54) is 24.3 Å². The van der Waals surface area contributed by atoms with E-state index in [2.05, 4.69) is 10.2 Å². The number of non-ortho nitro benzene ring substituents is 1. The molecule has 114 valence electrons. The first kappa shape index (κ1) is 14.4. The van der Waals surface area contributed by atoms with Crippen molar-refractivity contribution in [3.63, 3.8) is 0 Å². The summed E-state index contributed by atoms with van der Waals surface area (Å²) >= 11 is 0. The van der Waals surface area contributed by atoms with Gasteiger partial charge in [-0.15, -0.1) is 5.11 Å². The molecule has 1 fully saturated rings. The lowest BCUT2D eigenvalue weighted by molar-refractivity contribution is -0.384. The molecule has 0 saturated heterocycles. The number of rotatable bonds is 3. The number of ketones is 1. The van der Waals surface area contributed by atoms with E-state index in [-0.39, 0.29) is 34.8 Å². The second-order valence-electron chi connectivity index (χ2n) is 5.57. The Kier molecular flexibility index (Phi) is 3.70. The predicted octanol–water partition coefficient (Wildman–Crippen LogP) is 3.84. The zero-order valence-electron chi connectivity index (χ0n) is 11.8. The number of fused-ring (bicyclic) bond motifs is 1. The van der Waals surface area contributed by atoms with Gasteiger partial charge in [0, 0.05) is 24.0 Å². The van der Waals surface area contributed by atoms with Gasteiger partial charge in [-0.3, -0.25) is 14.9 Å². The van der Waals surface area contributed by atoms with Crippen molar-refractivity contribution in [2.24, 2.45) is 22.1 Å². The molecule has 1 N–H and O–H groups in total. The third kappa shape index (κ3) is 2.49. The molecule has 1 saturated carbocycles. The topological polar surface area (TPSA) is 105 Å². The van der Waals surface area contributed by atoms with Crippen molar-refractivity contribution in [3.05, 3.63) is 45.8 Å². The first-order chi connectivity index (χ1) is 10.6. The number of aliphatic hydroxyl groups excluding tert-OH is 1. The van der Waals surface area contributed by atoms with Gasteiger partial charge in [0.15, 0.2) is 11.5 Å². The number of nitro groups is 1. The summed E-state index contributed by atoms with van der Waals surface area (Å²) in [6.45, 7) is 0. The number of aliphatic hydroxyl groups is 1. The molecule has 22 heavy (non-hydrogen) atoms. The number of benzene rings is 1. The van der Waals surface area contributed by atoms with Crippen molar-refractivity contribution in [2.45, 2.75) is 25.7 Å². The fraction of sp³-hybridized carbons (Fsp3) is 0.400. The summed E-state index contributed by atoms with van der Waals surface area (Å²) in [5.41, 5.74) is 0.396.